The summed E-state index contributed by atoms with van der Waals surface area (Å²) in [6, 6.07) is 3.94. The fraction of sp³-hybridized carbons (Fsp3) is 0.357. The largest absolute Gasteiger partial charge is 0.508 e. The zero-order chi connectivity index (χ0) is 14.5. The van der Waals surface area contributed by atoms with Crippen molar-refractivity contribution in [3.05, 3.63) is 29.5 Å². The van der Waals surface area contributed by atoms with Crippen molar-refractivity contribution >= 4 is 16.9 Å². The van der Waals surface area contributed by atoms with Crippen LogP contribution >= 0.6 is 0 Å². The molecular formula is C14H13F2NO3. The second-order valence-electron chi connectivity index (χ2n) is 5.15. The number of hydrogen-bond donors (Lipinski definition) is 2. The van der Waals surface area contributed by atoms with Gasteiger partial charge in [0, 0.05) is 30.3 Å². The molecule has 20 heavy (non-hydrogen) atoms. The molecule has 0 aliphatic heterocycles. The zero-order valence-electron chi connectivity index (χ0n) is 10.7. The van der Waals surface area contributed by atoms with Crippen LogP contribution in [0.15, 0.2) is 22.6 Å². The fourth-order valence-corrected chi connectivity index (χ4v) is 2.51. The molecule has 1 saturated carbocycles. The number of aromatic hydroxyl groups is 1. The molecule has 0 saturated heterocycles. The third-order valence-corrected chi connectivity index (χ3v) is 3.50. The number of amides is 1. The van der Waals surface area contributed by atoms with Crippen LogP contribution in [0.5, 0.6) is 5.75 Å². The average Bonchev–Trinajstić information content (AvgIpc) is 2.61. The number of aryl methyl sites for hydroxylation is 1. The average molecular weight is 281 g/mol. The maximum Gasteiger partial charge on any atom is 0.255 e. The Balaban J connectivity index is 1.86. The van der Waals surface area contributed by atoms with Gasteiger partial charge in [0.05, 0.1) is 5.56 Å². The Kier molecular flexibility index (Phi) is 2.70. The third kappa shape index (κ3) is 2.11. The summed E-state index contributed by atoms with van der Waals surface area (Å²) in [6.07, 6.45) is -0.650. The molecule has 3 rings (SSSR count). The quantitative estimate of drug-likeness (QED) is 0.889. The summed E-state index contributed by atoms with van der Waals surface area (Å²) in [4.78, 5) is 12.2. The van der Waals surface area contributed by atoms with Gasteiger partial charge in [-0.15, -0.1) is 0 Å². The first-order valence-corrected chi connectivity index (χ1v) is 6.26. The van der Waals surface area contributed by atoms with E-state index in [1.54, 1.807) is 13.0 Å². The molecule has 1 amide bonds. The van der Waals surface area contributed by atoms with Crippen LogP contribution < -0.4 is 5.32 Å². The van der Waals surface area contributed by atoms with Gasteiger partial charge in [0.2, 0.25) is 0 Å². The molecule has 0 radical (unpaired) electrons. The van der Waals surface area contributed by atoms with Gasteiger partial charge in [-0.3, -0.25) is 4.79 Å². The van der Waals surface area contributed by atoms with E-state index in [0.29, 0.717) is 22.3 Å². The van der Waals surface area contributed by atoms with Gasteiger partial charge in [-0.05, 0) is 19.1 Å². The zero-order valence-corrected chi connectivity index (χ0v) is 10.7. The lowest BCUT2D eigenvalue weighted by Crippen LogP contribution is -2.50. The molecule has 1 aliphatic rings. The van der Waals surface area contributed by atoms with E-state index in [9.17, 15) is 18.7 Å². The van der Waals surface area contributed by atoms with E-state index in [4.69, 9.17) is 4.42 Å². The van der Waals surface area contributed by atoms with Crippen LogP contribution in [0.1, 0.15) is 29.0 Å². The molecule has 4 nitrogen and oxygen atoms in total. The van der Waals surface area contributed by atoms with Crippen molar-refractivity contribution in [2.45, 2.75) is 31.7 Å². The van der Waals surface area contributed by atoms with Gasteiger partial charge in [-0.25, -0.2) is 8.78 Å². The highest BCUT2D eigenvalue weighted by Crippen LogP contribution is 2.38. The molecule has 1 aromatic heterocycles. The smallest absolute Gasteiger partial charge is 0.255 e. The Morgan fingerprint density at radius 1 is 1.45 bits per heavy atom. The van der Waals surface area contributed by atoms with E-state index >= 15 is 0 Å². The molecule has 0 unspecified atom stereocenters. The number of hydrogen-bond acceptors (Lipinski definition) is 3. The van der Waals surface area contributed by atoms with E-state index < -0.39 is 17.9 Å². The highest BCUT2D eigenvalue weighted by Gasteiger charge is 2.46. The van der Waals surface area contributed by atoms with Gasteiger partial charge >= 0.3 is 0 Å². The monoisotopic (exact) mass is 281 g/mol. The Labute approximate surface area is 113 Å². The minimum Gasteiger partial charge on any atom is -0.508 e. The number of furan rings is 1. The van der Waals surface area contributed by atoms with Crippen LogP contribution in [0.25, 0.3) is 11.0 Å². The molecule has 6 heteroatoms. The lowest BCUT2D eigenvalue weighted by molar-refractivity contribution is -0.0901. The SMILES string of the molecule is Cc1oc2cc(O)ccc2c1C(=O)NC1CC(F)(F)C1. The lowest BCUT2D eigenvalue weighted by atomic mass is 9.88. The summed E-state index contributed by atoms with van der Waals surface area (Å²) in [5.74, 6) is -2.66. The van der Waals surface area contributed by atoms with Crippen molar-refractivity contribution in [3.8, 4) is 5.75 Å². The molecule has 0 spiro atoms. The Bertz CT molecular complexity index is 685. The van der Waals surface area contributed by atoms with Crippen LogP contribution in [0, 0.1) is 6.92 Å². The van der Waals surface area contributed by atoms with Crippen LogP contribution in [0.3, 0.4) is 0 Å². The number of rotatable bonds is 2. The number of carbonyl (C=O) groups excluding carboxylic acids is 1. The summed E-state index contributed by atoms with van der Waals surface area (Å²) < 4.78 is 30.9. The van der Waals surface area contributed by atoms with Crippen molar-refractivity contribution < 1.29 is 23.1 Å². The summed E-state index contributed by atoms with van der Waals surface area (Å²) >= 11 is 0. The van der Waals surface area contributed by atoms with Gasteiger partial charge in [-0.1, -0.05) is 0 Å². The summed E-state index contributed by atoms with van der Waals surface area (Å²) in [5.41, 5.74) is 0.724. The standard InChI is InChI=1S/C14H13F2NO3/c1-7-12(10-3-2-9(18)4-11(10)20-7)13(19)17-8-5-14(15,16)6-8/h2-4,8,18H,5-6H2,1H3,(H,17,19). The predicted octanol–water partition coefficient (Wildman–Crippen LogP) is 2.97. The fourth-order valence-electron chi connectivity index (χ4n) is 2.51. The van der Waals surface area contributed by atoms with E-state index in [1.165, 1.54) is 12.1 Å². The van der Waals surface area contributed by atoms with Crippen LogP contribution in [0.4, 0.5) is 8.78 Å². The number of benzene rings is 1. The summed E-state index contributed by atoms with van der Waals surface area (Å²) in [7, 11) is 0. The first kappa shape index (κ1) is 12.9. The maximum atomic E-state index is 12.8. The number of carbonyl (C=O) groups is 1. The first-order chi connectivity index (χ1) is 9.35. The highest BCUT2D eigenvalue weighted by molar-refractivity contribution is 6.07. The van der Waals surface area contributed by atoms with Crippen molar-refractivity contribution in [1.29, 1.82) is 0 Å². The lowest BCUT2D eigenvalue weighted by Gasteiger charge is -2.35. The van der Waals surface area contributed by atoms with Crippen LogP contribution in [0.2, 0.25) is 0 Å². The number of nitrogens with one attached hydrogen (secondary N) is 1. The second kappa shape index (κ2) is 4.19. The normalized spacial score (nSPS) is 17.9. The van der Waals surface area contributed by atoms with E-state index in [1.807, 2.05) is 0 Å². The maximum absolute atomic E-state index is 12.8. The van der Waals surface area contributed by atoms with Gasteiger partial charge in [0.1, 0.15) is 17.1 Å². The molecule has 1 heterocycles. The molecule has 1 aliphatic carbocycles. The topological polar surface area (TPSA) is 62.5 Å². The van der Waals surface area contributed by atoms with E-state index in [2.05, 4.69) is 5.32 Å². The highest BCUT2D eigenvalue weighted by atomic mass is 19.3. The molecule has 106 valence electrons. The molecular weight excluding hydrogens is 268 g/mol. The van der Waals surface area contributed by atoms with Crippen molar-refractivity contribution in [1.82, 2.24) is 5.32 Å². The van der Waals surface area contributed by atoms with E-state index in [-0.39, 0.29) is 18.6 Å². The summed E-state index contributed by atoms with van der Waals surface area (Å²) in [6.45, 7) is 1.63. The van der Waals surface area contributed by atoms with E-state index in [0.717, 1.165) is 0 Å². The molecule has 0 bridgehead atoms. The molecule has 1 aromatic carbocycles. The summed E-state index contributed by atoms with van der Waals surface area (Å²) in [5, 5.41) is 12.5. The van der Waals surface area contributed by atoms with Gasteiger partial charge in [-0.2, -0.15) is 0 Å². The molecule has 1 fully saturated rings. The molecule has 2 aromatic rings. The first-order valence-electron chi connectivity index (χ1n) is 6.26. The number of halogens is 2. The third-order valence-electron chi connectivity index (χ3n) is 3.50. The van der Waals surface area contributed by atoms with Gasteiger partial charge in [0.15, 0.2) is 0 Å². The van der Waals surface area contributed by atoms with Crippen molar-refractivity contribution in [3.63, 3.8) is 0 Å². The van der Waals surface area contributed by atoms with Gasteiger partial charge in [0.25, 0.3) is 11.8 Å². The minimum atomic E-state index is -2.67. The number of alkyl halides is 2. The molecule has 2 N–H and O–H groups in total. The van der Waals surface area contributed by atoms with Crippen LogP contribution in [-0.2, 0) is 0 Å². The number of phenolic OH excluding ortho intramolecular Hbond substituents is 1. The van der Waals surface area contributed by atoms with Crippen LogP contribution in [-0.4, -0.2) is 23.0 Å². The van der Waals surface area contributed by atoms with Gasteiger partial charge < -0.3 is 14.8 Å². The molecule has 0 atom stereocenters. The van der Waals surface area contributed by atoms with Crippen molar-refractivity contribution in [2.24, 2.45) is 0 Å². The Morgan fingerprint density at radius 2 is 2.15 bits per heavy atom. The predicted molar refractivity (Wildman–Crippen MR) is 68.1 cm³/mol. The minimum absolute atomic E-state index is 0.0387. The second-order valence-corrected chi connectivity index (χ2v) is 5.15. The number of fused-ring (bicyclic) bond motifs is 1. The van der Waals surface area contributed by atoms with Crippen molar-refractivity contribution in [2.75, 3.05) is 0 Å². The Morgan fingerprint density at radius 3 is 2.80 bits per heavy atom. The Hall–Kier alpha value is -2.11. The number of phenols is 1.